The number of rotatable bonds is 3. The van der Waals surface area contributed by atoms with Crippen LogP contribution in [0.15, 0.2) is 35.8 Å². The molecule has 3 aromatic rings. The lowest BCUT2D eigenvalue weighted by Crippen LogP contribution is -2.38. The fraction of sp³-hybridized carbons (Fsp3) is 0.375. The predicted molar refractivity (Wildman–Crippen MR) is 86.8 cm³/mol. The summed E-state index contributed by atoms with van der Waals surface area (Å²) in [6.07, 6.45) is 1.93. The molecule has 6 heteroatoms. The van der Waals surface area contributed by atoms with Crippen molar-refractivity contribution in [3.05, 3.63) is 46.7 Å². The number of morpholine rings is 1. The van der Waals surface area contributed by atoms with E-state index in [0.29, 0.717) is 0 Å². The molecule has 0 amide bonds. The lowest BCUT2D eigenvalue weighted by Gasteiger charge is -2.31. The maximum Gasteiger partial charge on any atom is 0.123 e. The number of benzene rings is 1. The van der Waals surface area contributed by atoms with Gasteiger partial charge < -0.3 is 9.30 Å². The number of hydrogen-bond acceptors (Lipinski definition) is 5. The van der Waals surface area contributed by atoms with Crippen molar-refractivity contribution in [1.29, 1.82) is 0 Å². The molecule has 5 nitrogen and oxygen atoms in total. The van der Waals surface area contributed by atoms with Crippen LogP contribution >= 0.6 is 11.3 Å². The molecule has 0 saturated carbocycles. The summed E-state index contributed by atoms with van der Waals surface area (Å²) < 4.78 is 8.04. The van der Waals surface area contributed by atoms with Gasteiger partial charge in [0, 0.05) is 31.7 Å². The molecule has 1 aromatic carbocycles. The van der Waals surface area contributed by atoms with Crippen LogP contribution in [0.2, 0.25) is 0 Å². The smallest absolute Gasteiger partial charge is 0.123 e. The van der Waals surface area contributed by atoms with Crippen LogP contribution < -0.4 is 0 Å². The number of ether oxygens (including phenoxy) is 1. The van der Waals surface area contributed by atoms with E-state index in [4.69, 9.17) is 9.72 Å². The Labute approximate surface area is 133 Å². The Bertz CT molecular complexity index is 768. The zero-order valence-corrected chi connectivity index (χ0v) is 13.3. The molecule has 22 heavy (non-hydrogen) atoms. The van der Waals surface area contributed by atoms with Crippen LogP contribution in [0.5, 0.6) is 0 Å². The highest BCUT2D eigenvalue weighted by molar-refractivity contribution is 7.09. The first-order valence-corrected chi connectivity index (χ1v) is 8.33. The summed E-state index contributed by atoms with van der Waals surface area (Å²) in [7, 11) is 2.09. The van der Waals surface area contributed by atoms with Gasteiger partial charge in [0.1, 0.15) is 16.9 Å². The summed E-state index contributed by atoms with van der Waals surface area (Å²) in [6, 6.07) is 8.27. The Hall–Kier alpha value is -1.76. The first kappa shape index (κ1) is 13.9. The molecule has 1 saturated heterocycles. The molecule has 2 aromatic heterocycles. The van der Waals surface area contributed by atoms with Gasteiger partial charge in [0.2, 0.25) is 0 Å². The van der Waals surface area contributed by atoms with E-state index in [9.17, 15) is 0 Å². The van der Waals surface area contributed by atoms with Crippen molar-refractivity contribution in [3.63, 3.8) is 0 Å². The predicted octanol–water partition coefficient (Wildman–Crippen LogP) is 2.60. The number of thiazole rings is 1. The maximum absolute atomic E-state index is 5.86. The zero-order valence-electron chi connectivity index (χ0n) is 12.5. The molecular weight excluding hydrogens is 296 g/mol. The summed E-state index contributed by atoms with van der Waals surface area (Å²) in [5.74, 6) is 1.10. The standard InChI is InChI=1S/C16H18N4OS/c1-19-13-5-3-2-4-12(13)18-15(19)11-20-7-8-21-14(10-20)16-17-6-9-22-16/h2-6,9,14H,7-8,10-11H2,1H3/t14-/m1/s1. The third-order valence-corrected chi connectivity index (χ3v) is 4.99. The topological polar surface area (TPSA) is 43.2 Å². The van der Waals surface area contributed by atoms with Crippen molar-refractivity contribution in [2.45, 2.75) is 12.6 Å². The van der Waals surface area contributed by atoms with Gasteiger partial charge >= 0.3 is 0 Å². The quantitative estimate of drug-likeness (QED) is 0.745. The fourth-order valence-corrected chi connectivity index (χ4v) is 3.60. The first-order valence-electron chi connectivity index (χ1n) is 7.45. The molecule has 1 atom stereocenters. The Morgan fingerprint density at radius 1 is 1.36 bits per heavy atom. The highest BCUT2D eigenvalue weighted by atomic mass is 32.1. The summed E-state index contributed by atoms with van der Waals surface area (Å²) in [5, 5.41) is 3.07. The molecule has 0 N–H and O–H groups in total. The van der Waals surface area contributed by atoms with Gasteiger partial charge in [-0.15, -0.1) is 11.3 Å². The first-order chi connectivity index (χ1) is 10.8. The molecular formula is C16H18N4OS. The van der Waals surface area contributed by atoms with Crippen molar-refractivity contribution in [2.75, 3.05) is 19.7 Å². The van der Waals surface area contributed by atoms with E-state index in [1.807, 2.05) is 17.6 Å². The number of imidazole rings is 1. The number of para-hydroxylation sites is 2. The number of fused-ring (bicyclic) bond motifs is 1. The largest absolute Gasteiger partial charge is 0.368 e. The minimum atomic E-state index is 0.0865. The van der Waals surface area contributed by atoms with Crippen LogP contribution in [0.25, 0.3) is 11.0 Å². The Morgan fingerprint density at radius 3 is 3.09 bits per heavy atom. The molecule has 0 aliphatic carbocycles. The molecule has 0 unspecified atom stereocenters. The average Bonchev–Trinajstić information content (AvgIpc) is 3.18. The van der Waals surface area contributed by atoms with Crippen molar-refractivity contribution in [3.8, 4) is 0 Å². The molecule has 0 bridgehead atoms. The summed E-state index contributed by atoms with van der Waals surface area (Å²) in [6.45, 7) is 3.40. The normalized spacial score (nSPS) is 19.8. The molecule has 0 radical (unpaired) electrons. The van der Waals surface area contributed by atoms with Gasteiger partial charge in [0.05, 0.1) is 24.2 Å². The minimum absolute atomic E-state index is 0.0865. The number of hydrogen-bond donors (Lipinski definition) is 0. The van der Waals surface area contributed by atoms with Gasteiger partial charge in [0.15, 0.2) is 0 Å². The van der Waals surface area contributed by atoms with Gasteiger partial charge in [0.25, 0.3) is 0 Å². The van der Waals surface area contributed by atoms with Crippen LogP contribution in [-0.4, -0.2) is 39.1 Å². The van der Waals surface area contributed by atoms with Crippen molar-refractivity contribution in [2.24, 2.45) is 7.05 Å². The van der Waals surface area contributed by atoms with Crippen LogP contribution in [0, 0.1) is 0 Å². The van der Waals surface area contributed by atoms with E-state index in [1.54, 1.807) is 11.3 Å². The van der Waals surface area contributed by atoms with Crippen LogP contribution in [-0.2, 0) is 18.3 Å². The van der Waals surface area contributed by atoms with Gasteiger partial charge in [-0.1, -0.05) is 12.1 Å². The second-order valence-corrected chi connectivity index (χ2v) is 6.47. The maximum atomic E-state index is 5.86. The molecule has 4 rings (SSSR count). The third kappa shape index (κ3) is 2.54. The Balaban J connectivity index is 1.53. The molecule has 1 fully saturated rings. The van der Waals surface area contributed by atoms with Crippen LogP contribution in [0.4, 0.5) is 0 Å². The van der Waals surface area contributed by atoms with Gasteiger partial charge in [-0.05, 0) is 12.1 Å². The van der Waals surface area contributed by atoms with Gasteiger partial charge in [-0.3, -0.25) is 4.90 Å². The summed E-state index contributed by atoms with van der Waals surface area (Å²) >= 11 is 1.66. The van der Waals surface area contributed by atoms with Crippen molar-refractivity contribution >= 4 is 22.4 Å². The van der Waals surface area contributed by atoms with E-state index in [2.05, 4.69) is 39.7 Å². The van der Waals surface area contributed by atoms with E-state index in [-0.39, 0.29) is 6.10 Å². The fourth-order valence-electron chi connectivity index (χ4n) is 2.93. The molecule has 1 aliphatic rings. The van der Waals surface area contributed by atoms with Crippen molar-refractivity contribution < 1.29 is 4.74 Å². The molecule has 0 spiro atoms. The highest BCUT2D eigenvalue weighted by Crippen LogP contribution is 2.25. The van der Waals surface area contributed by atoms with E-state index < -0.39 is 0 Å². The monoisotopic (exact) mass is 314 g/mol. The van der Waals surface area contributed by atoms with Gasteiger partial charge in [-0.2, -0.15) is 0 Å². The van der Waals surface area contributed by atoms with E-state index in [1.165, 1.54) is 5.52 Å². The molecule has 1 aliphatic heterocycles. The highest BCUT2D eigenvalue weighted by Gasteiger charge is 2.24. The number of aromatic nitrogens is 3. The second-order valence-electron chi connectivity index (χ2n) is 5.54. The minimum Gasteiger partial charge on any atom is -0.368 e. The number of nitrogens with zero attached hydrogens (tertiary/aromatic N) is 4. The molecule has 114 valence electrons. The summed E-state index contributed by atoms with van der Waals surface area (Å²) in [5.41, 5.74) is 2.24. The summed E-state index contributed by atoms with van der Waals surface area (Å²) in [4.78, 5) is 11.5. The second kappa shape index (κ2) is 5.79. The Morgan fingerprint density at radius 2 is 2.27 bits per heavy atom. The van der Waals surface area contributed by atoms with Gasteiger partial charge in [-0.25, -0.2) is 9.97 Å². The molecule has 3 heterocycles. The average molecular weight is 314 g/mol. The lowest BCUT2D eigenvalue weighted by molar-refractivity contribution is -0.0339. The number of aryl methyl sites for hydroxylation is 1. The zero-order chi connectivity index (χ0) is 14.9. The van der Waals surface area contributed by atoms with Crippen LogP contribution in [0.1, 0.15) is 16.9 Å². The SMILES string of the molecule is Cn1c(CN2CCO[C@@H](c3nccs3)C2)nc2ccccc21. The van der Waals surface area contributed by atoms with Crippen molar-refractivity contribution in [1.82, 2.24) is 19.4 Å². The third-order valence-electron chi connectivity index (χ3n) is 4.12. The van der Waals surface area contributed by atoms with E-state index >= 15 is 0 Å². The Kier molecular flexibility index (Phi) is 3.65. The van der Waals surface area contributed by atoms with Crippen LogP contribution in [0.3, 0.4) is 0 Å². The lowest BCUT2D eigenvalue weighted by atomic mass is 10.3. The van der Waals surface area contributed by atoms with E-state index in [0.717, 1.165) is 42.6 Å².